The first kappa shape index (κ1) is 15.2. The monoisotopic (exact) mass is 249 g/mol. The number of rotatable bonds is 11. The average Bonchev–Trinajstić information content (AvgIpc) is 2.42. The van der Waals surface area contributed by atoms with E-state index in [1.54, 1.807) is 0 Å². The Morgan fingerprint density at radius 3 is 2.06 bits per heavy atom. The van der Waals surface area contributed by atoms with Gasteiger partial charge in [0.05, 0.1) is 6.61 Å². The summed E-state index contributed by atoms with van der Waals surface area (Å²) in [5.41, 5.74) is 6.72. The normalized spacial score (nSPS) is 10.7. The summed E-state index contributed by atoms with van der Waals surface area (Å²) in [4.78, 5) is 0. The lowest BCUT2D eigenvalue weighted by atomic mass is 10.1. The van der Waals surface area contributed by atoms with Crippen LogP contribution in [-0.2, 0) is 11.3 Å². The maximum absolute atomic E-state index is 5.65. The van der Waals surface area contributed by atoms with Crippen molar-refractivity contribution in [3.8, 4) is 0 Å². The van der Waals surface area contributed by atoms with E-state index >= 15 is 0 Å². The van der Waals surface area contributed by atoms with Gasteiger partial charge in [-0.15, -0.1) is 0 Å². The van der Waals surface area contributed by atoms with E-state index in [1.807, 2.05) is 6.07 Å². The number of hydrogen-bond acceptors (Lipinski definition) is 2. The standard InChI is InChI=1S/C16H27NO/c17-13-9-4-2-1-3-5-10-14-18-15-16-11-7-6-8-12-16/h6-8,11-12H,1-5,9-10,13-15,17H2. The lowest BCUT2D eigenvalue weighted by Gasteiger charge is -2.04. The van der Waals surface area contributed by atoms with E-state index in [1.165, 1.54) is 50.5 Å². The van der Waals surface area contributed by atoms with Crippen LogP contribution in [0.5, 0.6) is 0 Å². The SMILES string of the molecule is NCCCCCCCCCOCc1ccccc1. The summed E-state index contributed by atoms with van der Waals surface area (Å²) in [6, 6.07) is 10.4. The molecule has 0 aliphatic carbocycles. The number of ether oxygens (including phenoxy) is 1. The zero-order chi connectivity index (χ0) is 12.9. The van der Waals surface area contributed by atoms with Gasteiger partial charge in [-0.2, -0.15) is 0 Å². The first-order chi connectivity index (χ1) is 8.93. The highest BCUT2D eigenvalue weighted by Gasteiger charge is 1.93. The molecule has 1 rings (SSSR count). The van der Waals surface area contributed by atoms with Gasteiger partial charge in [0, 0.05) is 6.61 Å². The first-order valence-electron chi connectivity index (χ1n) is 7.25. The first-order valence-corrected chi connectivity index (χ1v) is 7.25. The van der Waals surface area contributed by atoms with Gasteiger partial charge in [0.25, 0.3) is 0 Å². The van der Waals surface area contributed by atoms with Crippen molar-refractivity contribution < 1.29 is 4.74 Å². The molecule has 0 fully saturated rings. The van der Waals surface area contributed by atoms with E-state index in [2.05, 4.69) is 24.3 Å². The van der Waals surface area contributed by atoms with E-state index in [-0.39, 0.29) is 0 Å². The molecule has 0 aliphatic rings. The lowest BCUT2D eigenvalue weighted by molar-refractivity contribution is 0.116. The van der Waals surface area contributed by atoms with Crippen LogP contribution in [0.25, 0.3) is 0 Å². The molecule has 0 radical (unpaired) electrons. The predicted octanol–water partition coefficient (Wildman–Crippen LogP) is 3.89. The summed E-state index contributed by atoms with van der Waals surface area (Å²) in [6.45, 7) is 2.47. The van der Waals surface area contributed by atoms with Crippen LogP contribution in [0.15, 0.2) is 30.3 Å². The minimum absolute atomic E-state index is 0.747. The maximum Gasteiger partial charge on any atom is 0.0716 e. The summed E-state index contributed by atoms with van der Waals surface area (Å²) >= 11 is 0. The second kappa shape index (κ2) is 11.2. The molecule has 0 aromatic heterocycles. The summed E-state index contributed by atoms with van der Waals surface area (Å²) < 4.78 is 5.65. The minimum atomic E-state index is 0.747. The molecular weight excluding hydrogens is 222 g/mol. The summed E-state index contributed by atoms with van der Waals surface area (Å²) in [6.07, 6.45) is 8.96. The number of unbranched alkanes of at least 4 members (excludes halogenated alkanes) is 6. The molecule has 0 spiro atoms. The fraction of sp³-hybridized carbons (Fsp3) is 0.625. The molecule has 0 unspecified atom stereocenters. The molecular formula is C16H27NO. The summed E-state index contributed by atoms with van der Waals surface area (Å²) in [7, 11) is 0. The van der Waals surface area contributed by atoms with Crippen LogP contribution < -0.4 is 5.73 Å². The number of benzene rings is 1. The molecule has 0 bridgehead atoms. The van der Waals surface area contributed by atoms with Gasteiger partial charge in [-0.25, -0.2) is 0 Å². The van der Waals surface area contributed by atoms with Gasteiger partial charge < -0.3 is 10.5 Å². The van der Waals surface area contributed by atoms with Gasteiger partial charge in [0.1, 0.15) is 0 Å². The van der Waals surface area contributed by atoms with Crippen molar-refractivity contribution in [1.82, 2.24) is 0 Å². The minimum Gasteiger partial charge on any atom is -0.377 e. The fourth-order valence-corrected chi connectivity index (χ4v) is 2.00. The maximum atomic E-state index is 5.65. The fourth-order valence-electron chi connectivity index (χ4n) is 2.00. The molecule has 2 heteroatoms. The average molecular weight is 249 g/mol. The van der Waals surface area contributed by atoms with Crippen molar-refractivity contribution in [1.29, 1.82) is 0 Å². The van der Waals surface area contributed by atoms with E-state index < -0.39 is 0 Å². The molecule has 1 aromatic rings. The number of hydrogen-bond donors (Lipinski definition) is 1. The molecule has 0 atom stereocenters. The van der Waals surface area contributed by atoms with E-state index in [9.17, 15) is 0 Å². The Labute approximate surface area is 112 Å². The van der Waals surface area contributed by atoms with Gasteiger partial charge in [-0.1, -0.05) is 62.4 Å². The smallest absolute Gasteiger partial charge is 0.0716 e. The molecule has 18 heavy (non-hydrogen) atoms. The third-order valence-corrected chi connectivity index (χ3v) is 3.10. The molecule has 0 saturated heterocycles. The molecule has 102 valence electrons. The quantitative estimate of drug-likeness (QED) is 0.604. The van der Waals surface area contributed by atoms with Gasteiger partial charge in [0.15, 0.2) is 0 Å². The molecule has 0 heterocycles. The largest absolute Gasteiger partial charge is 0.377 e. The van der Waals surface area contributed by atoms with Crippen LogP contribution in [0, 0.1) is 0 Å². The van der Waals surface area contributed by atoms with Crippen LogP contribution in [0.4, 0.5) is 0 Å². The van der Waals surface area contributed by atoms with Crippen LogP contribution in [-0.4, -0.2) is 13.2 Å². The van der Waals surface area contributed by atoms with Crippen LogP contribution in [0.1, 0.15) is 50.5 Å². The molecule has 0 amide bonds. The van der Waals surface area contributed by atoms with Crippen LogP contribution >= 0.6 is 0 Å². The molecule has 2 nitrogen and oxygen atoms in total. The Morgan fingerprint density at radius 1 is 0.778 bits per heavy atom. The highest BCUT2D eigenvalue weighted by Crippen LogP contribution is 2.07. The molecule has 0 aliphatic heterocycles. The van der Waals surface area contributed by atoms with Crippen molar-refractivity contribution in [2.75, 3.05) is 13.2 Å². The third kappa shape index (κ3) is 8.26. The second-order valence-corrected chi connectivity index (χ2v) is 4.80. The lowest BCUT2D eigenvalue weighted by Crippen LogP contribution is -1.97. The summed E-state index contributed by atoms with van der Waals surface area (Å²) in [5, 5.41) is 0. The van der Waals surface area contributed by atoms with Crippen molar-refractivity contribution in [3.63, 3.8) is 0 Å². The Bertz CT molecular complexity index is 274. The zero-order valence-corrected chi connectivity index (χ0v) is 11.4. The van der Waals surface area contributed by atoms with E-state index in [0.29, 0.717) is 0 Å². The van der Waals surface area contributed by atoms with E-state index in [0.717, 1.165) is 19.8 Å². The highest BCUT2D eigenvalue weighted by molar-refractivity contribution is 5.13. The van der Waals surface area contributed by atoms with Crippen LogP contribution in [0.3, 0.4) is 0 Å². The van der Waals surface area contributed by atoms with Crippen molar-refractivity contribution in [2.24, 2.45) is 5.73 Å². The zero-order valence-electron chi connectivity index (χ0n) is 11.4. The predicted molar refractivity (Wildman–Crippen MR) is 77.5 cm³/mol. The van der Waals surface area contributed by atoms with Gasteiger partial charge in [0.2, 0.25) is 0 Å². The highest BCUT2D eigenvalue weighted by atomic mass is 16.5. The second-order valence-electron chi connectivity index (χ2n) is 4.80. The van der Waals surface area contributed by atoms with Gasteiger partial charge in [-0.05, 0) is 24.9 Å². The number of nitrogens with two attached hydrogens (primary N) is 1. The Morgan fingerprint density at radius 2 is 1.39 bits per heavy atom. The van der Waals surface area contributed by atoms with Gasteiger partial charge >= 0.3 is 0 Å². The third-order valence-electron chi connectivity index (χ3n) is 3.10. The Balaban J connectivity index is 1.82. The summed E-state index contributed by atoms with van der Waals surface area (Å²) in [5.74, 6) is 0. The molecule has 2 N–H and O–H groups in total. The molecule has 0 saturated carbocycles. The van der Waals surface area contributed by atoms with Crippen molar-refractivity contribution >= 4 is 0 Å². The Hall–Kier alpha value is -0.860. The topological polar surface area (TPSA) is 35.2 Å². The van der Waals surface area contributed by atoms with Crippen molar-refractivity contribution in [2.45, 2.75) is 51.6 Å². The van der Waals surface area contributed by atoms with E-state index in [4.69, 9.17) is 10.5 Å². The van der Waals surface area contributed by atoms with Crippen molar-refractivity contribution in [3.05, 3.63) is 35.9 Å². The van der Waals surface area contributed by atoms with Gasteiger partial charge in [-0.3, -0.25) is 0 Å². The van der Waals surface area contributed by atoms with Crippen LogP contribution in [0.2, 0.25) is 0 Å². The molecule has 1 aromatic carbocycles. The Kier molecular flexibility index (Phi) is 9.49.